The maximum Gasteiger partial charge on any atom is 0.0195 e. The zero-order chi connectivity index (χ0) is 14.0. The van der Waals surface area contributed by atoms with Gasteiger partial charge in [-0.25, -0.2) is 0 Å². The monoisotopic (exact) mass is 274 g/mol. The molecular formula is C18H30N2. The van der Waals surface area contributed by atoms with Crippen LogP contribution in [0.15, 0.2) is 30.3 Å². The first-order valence-corrected chi connectivity index (χ1v) is 8.38. The van der Waals surface area contributed by atoms with Crippen LogP contribution < -0.4 is 5.32 Å². The third-order valence-corrected chi connectivity index (χ3v) is 4.37. The molecule has 1 aromatic rings. The minimum atomic E-state index is 0.734. The Hall–Kier alpha value is -0.860. The van der Waals surface area contributed by atoms with Crippen molar-refractivity contribution in [3.8, 4) is 0 Å². The fourth-order valence-electron chi connectivity index (χ4n) is 3.08. The molecule has 0 radical (unpaired) electrons. The second-order valence-electron chi connectivity index (χ2n) is 5.98. The highest BCUT2D eigenvalue weighted by Gasteiger charge is 2.15. The number of aryl methyl sites for hydroxylation is 1. The van der Waals surface area contributed by atoms with Crippen molar-refractivity contribution in [1.29, 1.82) is 0 Å². The lowest BCUT2D eigenvalue weighted by atomic mass is 10.0. The van der Waals surface area contributed by atoms with Gasteiger partial charge >= 0.3 is 0 Å². The van der Waals surface area contributed by atoms with E-state index in [4.69, 9.17) is 0 Å². The Labute approximate surface area is 124 Å². The van der Waals surface area contributed by atoms with E-state index >= 15 is 0 Å². The molecular weight excluding hydrogens is 244 g/mol. The van der Waals surface area contributed by atoms with E-state index in [-0.39, 0.29) is 0 Å². The summed E-state index contributed by atoms with van der Waals surface area (Å²) in [7, 11) is 0. The summed E-state index contributed by atoms with van der Waals surface area (Å²) in [6.07, 6.45) is 7.97. The third kappa shape index (κ3) is 5.64. The SMILES string of the molecule is CCN(CCCCc1ccccc1)CC1CCCCN1. The molecule has 0 amide bonds. The lowest BCUT2D eigenvalue weighted by Crippen LogP contribution is -2.43. The van der Waals surface area contributed by atoms with Crippen molar-refractivity contribution in [3.05, 3.63) is 35.9 Å². The molecule has 0 aromatic heterocycles. The van der Waals surface area contributed by atoms with Crippen LogP contribution in [0.5, 0.6) is 0 Å². The molecule has 2 heteroatoms. The summed E-state index contributed by atoms with van der Waals surface area (Å²) >= 11 is 0. The van der Waals surface area contributed by atoms with E-state index in [1.807, 2.05) is 0 Å². The Bertz CT molecular complexity index is 344. The summed E-state index contributed by atoms with van der Waals surface area (Å²) in [6.45, 7) is 7.18. The summed E-state index contributed by atoms with van der Waals surface area (Å²) in [6, 6.07) is 11.6. The van der Waals surface area contributed by atoms with Crippen molar-refractivity contribution in [1.82, 2.24) is 10.2 Å². The number of nitrogens with zero attached hydrogens (tertiary/aromatic N) is 1. The zero-order valence-corrected chi connectivity index (χ0v) is 13.0. The third-order valence-electron chi connectivity index (χ3n) is 4.37. The number of hydrogen-bond donors (Lipinski definition) is 1. The quantitative estimate of drug-likeness (QED) is 0.730. The van der Waals surface area contributed by atoms with Gasteiger partial charge in [-0.15, -0.1) is 0 Å². The zero-order valence-electron chi connectivity index (χ0n) is 13.0. The Kier molecular flexibility index (Phi) is 7.10. The molecule has 1 N–H and O–H groups in total. The van der Waals surface area contributed by atoms with Gasteiger partial charge in [0.25, 0.3) is 0 Å². The van der Waals surface area contributed by atoms with Gasteiger partial charge in [0.1, 0.15) is 0 Å². The summed E-state index contributed by atoms with van der Waals surface area (Å²) in [5.41, 5.74) is 1.48. The number of piperidine rings is 1. The predicted octanol–water partition coefficient (Wildman–Crippen LogP) is 3.47. The molecule has 0 spiro atoms. The van der Waals surface area contributed by atoms with Crippen LogP contribution in [0, 0.1) is 0 Å². The molecule has 2 rings (SSSR count). The van der Waals surface area contributed by atoms with Gasteiger partial charge in [0.15, 0.2) is 0 Å². The maximum absolute atomic E-state index is 3.66. The van der Waals surface area contributed by atoms with Crippen molar-refractivity contribution in [2.45, 2.75) is 51.5 Å². The van der Waals surface area contributed by atoms with Crippen LogP contribution in [0.3, 0.4) is 0 Å². The van der Waals surface area contributed by atoms with Crippen LogP contribution in [0.1, 0.15) is 44.6 Å². The van der Waals surface area contributed by atoms with Crippen LogP contribution in [0.25, 0.3) is 0 Å². The number of benzene rings is 1. The second kappa shape index (κ2) is 9.15. The molecule has 1 saturated heterocycles. The molecule has 1 heterocycles. The van der Waals surface area contributed by atoms with E-state index in [2.05, 4.69) is 47.5 Å². The summed E-state index contributed by atoms with van der Waals surface area (Å²) < 4.78 is 0. The van der Waals surface area contributed by atoms with E-state index < -0.39 is 0 Å². The molecule has 1 fully saturated rings. The Balaban J connectivity index is 1.61. The average Bonchev–Trinajstić information content (AvgIpc) is 2.52. The highest BCUT2D eigenvalue weighted by atomic mass is 15.1. The van der Waals surface area contributed by atoms with Crippen LogP contribution in [-0.2, 0) is 6.42 Å². The summed E-state index contributed by atoms with van der Waals surface area (Å²) in [4.78, 5) is 2.62. The maximum atomic E-state index is 3.66. The van der Waals surface area contributed by atoms with Gasteiger partial charge in [-0.05, 0) is 57.3 Å². The van der Waals surface area contributed by atoms with Crippen LogP contribution in [0.2, 0.25) is 0 Å². The van der Waals surface area contributed by atoms with Crippen molar-refractivity contribution in [2.75, 3.05) is 26.2 Å². The fourth-order valence-corrected chi connectivity index (χ4v) is 3.08. The van der Waals surface area contributed by atoms with E-state index in [0.717, 1.165) is 6.04 Å². The van der Waals surface area contributed by atoms with E-state index in [1.54, 1.807) is 0 Å². The molecule has 20 heavy (non-hydrogen) atoms. The van der Waals surface area contributed by atoms with Gasteiger partial charge < -0.3 is 10.2 Å². The lowest BCUT2D eigenvalue weighted by Gasteiger charge is -2.29. The topological polar surface area (TPSA) is 15.3 Å². The highest BCUT2D eigenvalue weighted by Crippen LogP contribution is 2.10. The van der Waals surface area contributed by atoms with Crippen molar-refractivity contribution in [3.63, 3.8) is 0 Å². The first-order chi connectivity index (χ1) is 9.88. The highest BCUT2D eigenvalue weighted by molar-refractivity contribution is 5.14. The van der Waals surface area contributed by atoms with Crippen molar-refractivity contribution < 1.29 is 0 Å². The molecule has 0 bridgehead atoms. The number of unbranched alkanes of at least 4 members (excludes halogenated alkanes) is 1. The molecule has 2 nitrogen and oxygen atoms in total. The largest absolute Gasteiger partial charge is 0.313 e. The normalized spacial score (nSPS) is 19.4. The molecule has 1 aliphatic rings. The van der Waals surface area contributed by atoms with Crippen LogP contribution >= 0.6 is 0 Å². The minimum Gasteiger partial charge on any atom is -0.313 e. The van der Waals surface area contributed by atoms with Crippen molar-refractivity contribution in [2.24, 2.45) is 0 Å². The van der Waals surface area contributed by atoms with Crippen molar-refractivity contribution >= 4 is 0 Å². The molecule has 1 aromatic carbocycles. The van der Waals surface area contributed by atoms with Gasteiger partial charge in [0.2, 0.25) is 0 Å². The van der Waals surface area contributed by atoms with Gasteiger partial charge in [-0.3, -0.25) is 0 Å². The summed E-state index contributed by atoms with van der Waals surface area (Å²) in [5, 5.41) is 3.66. The lowest BCUT2D eigenvalue weighted by molar-refractivity contribution is 0.229. The molecule has 1 unspecified atom stereocenters. The molecule has 0 aliphatic carbocycles. The molecule has 1 atom stereocenters. The van der Waals surface area contributed by atoms with Gasteiger partial charge in [-0.2, -0.15) is 0 Å². The molecule has 1 aliphatic heterocycles. The van der Waals surface area contributed by atoms with E-state index in [1.165, 1.54) is 70.3 Å². The Morgan fingerprint density at radius 2 is 2.00 bits per heavy atom. The number of nitrogens with one attached hydrogen (secondary N) is 1. The first-order valence-electron chi connectivity index (χ1n) is 8.38. The second-order valence-corrected chi connectivity index (χ2v) is 5.98. The van der Waals surface area contributed by atoms with Crippen LogP contribution in [-0.4, -0.2) is 37.1 Å². The number of likely N-dealkylation sites (N-methyl/N-ethyl adjacent to an activating group) is 1. The summed E-state index contributed by atoms with van der Waals surface area (Å²) in [5.74, 6) is 0. The van der Waals surface area contributed by atoms with E-state index in [9.17, 15) is 0 Å². The van der Waals surface area contributed by atoms with Gasteiger partial charge in [-0.1, -0.05) is 43.7 Å². The average molecular weight is 274 g/mol. The number of hydrogen-bond acceptors (Lipinski definition) is 2. The smallest absolute Gasteiger partial charge is 0.0195 e. The standard InChI is InChI=1S/C18H30N2/c1-2-20(16-18-13-6-8-14-19-18)15-9-7-12-17-10-4-3-5-11-17/h3-5,10-11,18-19H,2,6-9,12-16H2,1H3. The van der Waals surface area contributed by atoms with Crippen LogP contribution in [0.4, 0.5) is 0 Å². The molecule has 112 valence electrons. The van der Waals surface area contributed by atoms with Gasteiger partial charge in [0, 0.05) is 12.6 Å². The van der Waals surface area contributed by atoms with Gasteiger partial charge in [0.05, 0.1) is 0 Å². The Morgan fingerprint density at radius 3 is 2.70 bits per heavy atom. The minimum absolute atomic E-state index is 0.734. The molecule has 0 saturated carbocycles. The van der Waals surface area contributed by atoms with E-state index in [0.29, 0.717) is 0 Å². The predicted molar refractivity (Wildman–Crippen MR) is 87.1 cm³/mol. The first kappa shape index (κ1) is 15.5. The fraction of sp³-hybridized carbons (Fsp3) is 0.667. The number of rotatable bonds is 8. The Morgan fingerprint density at radius 1 is 1.15 bits per heavy atom.